The van der Waals surface area contributed by atoms with Crippen LogP contribution >= 0.6 is 32.8 Å². The van der Waals surface area contributed by atoms with Crippen molar-refractivity contribution in [2.75, 3.05) is 5.49 Å². The maximum atomic E-state index is 10.8. The maximum Gasteiger partial charge on any atom is 0.234 e. The summed E-state index contributed by atoms with van der Waals surface area (Å²) in [4.78, 5) is 0. The van der Waals surface area contributed by atoms with Crippen LogP contribution in [0.5, 0.6) is 0 Å². The molecule has 0 aliphatic carbocycles. The van der Waals surface area contributed by atoms with E-state index >= 15 is 0 Å². The molecule has 2 atom stereocenters. The fourth-order valence-corrected chi connectivity index (χ4v) is 1.35. The molecule has 0 aromatic carbocycles. The fraction of sp³-hybridized carbons (Fsp3) is 1.00. The SMILES string of the molecule is NP(=O)(CS)C(O)OS. The minimum atomic E-state index is -3.14. The Morgan fingerprint density at radius 1 is 1.89 bits per heavy atom. The molecule has 0 aromatic heterocycles. The van der Waals surface area contributed by atoms with E-state index in [1.807, 2.05) is 0 Å². The summed E-state index contributed by atoms with van der Waals surface area (Å²) < 4.78 is 14.8. The molecule has 0 aromatic rings. The van der Waals surface area contributed by atoms with Crippen LogP contribution in [0, 0.1) is 0 Å². The molecule has 0 aliphatic heterocycles. The molecule has 0 saturated carbocycles. The monoisotopic (exact) mass is 189 g/mol. The van der Waals surface area contributed by atoms with Crippen molar-refractivity contribution in [2.45, 2.75) is 6.03 Å². The van der Waals surface area contributed by atoms with Gasteiger partial charge in [0.1, 0.15) is 0 Å². The van der Waals surface area contributed by atoms with Crippen LogP contribution < -0.4 is 5.50 Å². The Bertz CT molecular complexity index is 131. The first kappa shape index (κ1) is 9.81. The summed E-state index contributed by atoms with van der Waals surface area (Å²) >= 11 is 6.86. The van der Waals surface area contributed by atoms with Crippen LogP contribution in [-0.2, 0) is 8.75 Å². The van der Waals surface area contributed by atoms with Crippen molar-refractivity contribution >= 4 is 32.8 Å². The molecular weight excluding hydrogens is 181 g/mol. The van der Waals surface area contributed by atoms with E-state index in [1.54, 1.807) is 0 Å². The van der Waals surface area contributed by atoms with Gasteiger partial charge in [-0.05, 0) is 12.9 Å². The van der Waals surface area contributed by atoms with Crippen molar-refractivity contribution in [3.05, 3.63) is 0 Å². The Labute approximate surface area is 64.2 Å². The highest BCUT2D eigenvalue weighted by Crippen LogP contribution is 2.42. The number of aliphatic hydroxyl groups excluding tert-OH is 1. The predicted octanol–water partition coefficient (Wildman–Crippen LogP) is 0.248. The van der Waals surface area contributed by atoms with Gasteiger partial charge in [-0.2, -0.15) is 12.6 Å². The first-order valence-electron chi connectivity index (χ1n) is 2.01. The second-order valence-electron chi connectivity index (χ2n) is 1.43. The summed E-state index contributed by atoms with van der Waals surface area (Å²) in [5, 5.41) is 8.65. The standard InChI is InChI=1S/C2H8NO3PS2/c3-7(5,1-8)2(4)6-9/h2,4,8-9H,1H2,(H2,3,5). The molecule has 0 saturated heterocycles. The molecule has 0 radical (unpaired) electrons. The molecule has 3 N–H and O–H groups in total. The molecule has 4 nitrogen and oxygen atoms in total. The quantitative estimate of drug-likeness (QED) is 0.222. The average Bonchev–Trinajstić information content (AvgIpc) is 1.86. The topological polar surface area (TPSA) is 72.6 Å². The third kappa shape index (κ3) is 2.93. The van der Waals surface area contributed by atoms with Gasteiger partial charge in [-0.25, -0.2) is 0 Å². The molecule has 9 heavy (non-hydrogen) atoms. The minimum Gasteiger partial charge on any atom is -0.360 e. The summed E-state index contributed by atoms with van der Waals surface area (Å²) in [7, 11) is -3.14. The Morgan fingerprint density at radius 2 is 2.33 bits per heavy atom. The molecule has 0 fully saturated rings. The van der Waals surface area contributed by atoms with Gasteiger partial charge < -0.3 is 9.67 Å². The molecular formula is C2H8NO3PS2. The highest BCUT2D eigenvalue weighted by molar-refractivity contribution is 7.90. The molecule has 0 spiro atoms. The molecule has 0 bridgehead atoms. The summed E-state index contributed by atoms with van der Waals surface area (Å²) in [6.45, 7) is 0. The molecule has 0 rings (SSSR count). The third-order valence-electron chi connectivity index (χ3n) is 0.689. The van der Waals surface area contributed by atoms with Gasteiger partial charge in [0, 0.05) is 0 Å². The molecule has 0 aliphatic rings. The van der Waals surface area contributed by atoms with Crippen molar-refractivity contribution in [3.63, 3.8) is 0 Å². The van der Waals surface area contributed by atoms with Crippen molar-refractivity contribution < 1.29 is 13.9 Å². The van der Waals surface area contributed by atoms with Gasteiger partial charge in [0.05, 0.1) is 5.49 Å². The smallest absolute Gasteiger partial charge is 0.234 e. The van der Waals surface area contributed by atoms with E-state index in [1.165, 1.54) is 0 Å². The zero-order valence-electron chi connectivity index (χ0n) is 4.47. The molecule has 2 unspecified atom stereocenters. The summed E-state index contributed by atoms with van der Waals surface area (Å²) in [6.07, 6.45) is 0. The van der Waals surface area contributed by atoms with E-state index < -0.39 is 13.3 Å². The van der Waals surface area contributed by atoms with Gasteiger partial charge in [-0.3, -0.25) is 9.69 Å². The van der Waals surface area contributed by atoms with E-state index in [9.17, 15) is 4.57 Å². The van der Waals surface area contributed by atoms with Gasteiger partial charge >= 0.3 is 0 Å². The van der Waals surface area contributed by atoms with Crippen LogP contribution in [-0.4, -0.2) is 16.6 Å². The first-order valence-corrected chi connectivity index (χ1v) is 5.04. The van der Waals surface area contributed by atoms with Crippen LogP contribution in [0.2, 0.25) is 0 Å². The largest absolute Gasteiger partial charge is 0.360 e. The number of nitrogens with two attached hydrogens (primary N) is 1. The van der Waals surface area contributed by atoms with Gasteiger partial charge in [-0.1, -0.05) is 0 Å². The summed E-state index contributed by atoms with van der Waals surface area (Å²) in [6, 6.07) is -1.52. The highest BCUT2D eigenvalue weighted by Gasteiger charge is 2.25. The molecule has 0 heterocycles. The first-order chi connectivity index (χ1) is 4.04. The van der Waals surface area contributed by atoms with E-state index in [2.05, 4.69) is 29.7 Å². The summed E-state index contributed by atoms with van der Waals surface area (Å²) in [5.41, 5.74) is 4.92. The van der Waals surface area contributed by atoms with E-state index in [-0.39, 0.29) is 5.49 Å². The molecule has 0 amide bonds. The molecule has 7 heteroatoms. The van der Waals surface area contributed by atoms with Crippen LogP contribution in [0.15, 0.2) is 0 Å². The Morgan fingerprint density at radius 3 is 2.44 bits per heavy atom. The second kappa shape index (κ2) is 3.85. The third-order valence-corrected chi connectivity index (χ3v) is 3.68. The second-order valence-corrected chi connectivity index (χ2v) is 4.92. The number of hydrogen-bond donors (Lipinski definition) is 4. The lowest BCUT2D eigenvalue weighted by molar-refractivity contribution is 0.0726. The lowest BCUT2D eigenvalue weighted by Crippen LogP contribution is -2.14. The van der Waals surface area contributed by atoms with Crippen LogP contribution in [0.25, 0.3) is 0 Å². The van der Waals surface area contributed by atoms with Crippen LogP contribution in [0.3, 0.4) is 0 Å². The van der Waals surface area contributed by atoms with E-state index in [4.69, 9.17) is 10.6 Å². The van der Waals surface area contributed by atoms with Crippen LogP contribution in [0.4, 0.5) is 0 Å². The zero-order valence-corrected chi connectivity index (χ0v) is 7.15. The van der Waals surface area contributed by atoms with Gasteiger partial charge in [0.15, 0.2) is 0 Å². The van der Waals surface area contributed by atoms with Crippen molar-refractivity contribution in [2.24, 2.45) is 5.50 Å². The number of thiol groups is 2. The molecule has 56 valence electrons. The Hall–Kier alpha value is 0.810. The maximum absolute atomic E-state index is 10.8. The van der Waals surface area contributed by atoms with E-state index in [0.717, 1.165) is 0 Å². The lowest BCUT2D eigenvalue weighted by atomic mass is 11.5. The normalized spacial score (nSPS) is 20.9. The summed E-state index contributed by atoms with van der Waals surface area (Å²) in [5.74, 6) is 0. The van der Waals surface area contributed by atoms with Crippen molar-refractivity contribution in [1.82, 2.24) is 0 Å². The fourth-order valence-electron chi connectivity index (χ4n) is 0.150. The van der Waals surface area contributed by atoms with Gasteiger partial charge in [0.25, 0.3) is 0 Å². The average molecular weight is 189 g/mol. The predicted molar refractivity (Wildman–Crippen MR) is 41.7 cm³/mol. The van der Waals surface area contributed by atoms with E-state index in [0.29, 0.717) is 0 Å². The highest BCUT2D eigenvalue weighted by atomic mass is 32.1. The Kier molecular flexibility index (Phi) is 4.20. The lowest BCUT2D eigenvalue weighted by Gasteiger charge is -2.13. The van der Waals surface area contributed by atoms with Crippen molar-refractivity contribution in [3.8, 4) is 0 Å². The van der Waals surface area contributed by atoms with Gasteiger partial charge in [-0.15, -0.1) is 0 Å². The zero-order chi connectivity index (χ0) is 7.49. The number of rotatable bonds is 3. The number of hydrogen-bond acceptors (Lipinski definition) is 5. The Balaban J connectivity index is 3.98. The van der Waals surface area contributed by atoms with Crippen LogP contribution in [0.1, 0.15) is 0 Å². The number of aliphatic hydroxyl groups is 1. The van der Waals surface area contributed by atoms with Crippen molar-refractivity contribution in [1.29, 1.82) is 0 Å². The minimum absolute atomic E-state index is 0.102. The van der Waals surface area contributed by atoms with Gasteiger partial charge in [0.2, 0.25) is 13.3 Å².